The van der Waals surface area contributed by atoms with Crippen LogP contribution in [0.4, 0.5) is 4.39 Å². The fourth-order valence-electron chi connectivity index (χ4n) is 6.14. The van der Waals surface area contributed by atoms with Crippen LogP contribution in [0.15, 0.2) is 41.3 Å². The summed E-state index contributed by atoms with van der Waals surface area (Å²) in [6, 6.07) is 7.04. The van der Waals surface area contributed by atoms with E-state index in [-0.39, 0.29) is 17.0 Å². The van der Waals surface area contributed by atoms with Crippen molar-refractivity contribution in [2.75, 3.05) is 19.6 Å². The summed E-state index contributed by atoms with van der Waals surface area (Å²) in [5, 5.41) is 12.7. The second-order valence-electron chi connectivity index (χ2n) is 12.9. The van der Waals surface area contributed by atoms with Gasteiger partial charge in [-0.25, -0.2) is 4.39 Å². The minimum absolute atomic E-state index is 0.0657. The number of halogens is 1. The van der Waals surface area contributed by atoms with E-state index in [0.717, 1.165) is 65.0 Å². The largest absolute Gasteiger partial charge is 0.481 e. The topological polar surface area (TPSA) is 91.6 Å². The van der Waals surface area contributed by atoms with Crippen LogP contribution in [0.5, 0.6) is 0 Å². The molecule has 0 aliphatic carbocycles. The third kappa shape index (κ3) is 7.46. The molecule has 0 saturated carbocycles. The number of hydrogen-bond donors (Lipinski definition) is 2. The van der Waals surface area contributed by atoms with Gasteiger partial charge in [0.05, 0.1) is 12.5 Å². The number of rotatable bonds is 12. The molecule has 2 N–H and O–H groups in total. The maximum atomic E-state index is 15.8. The molecule has 2 atom stereocenters. The fraction of sp³-hybridized carbons (Fsp3) is 0.472. The van der Waals surface area contributed by atoms with Gasteiger partial charge in [-0.2, -0.15) is 0 Å². The third-order valence-corrected chi connectivity index (χ3v) is 8.96. The predicted octanol–water partition coefficient (Wildman–Crippen LogP) is 6.36. The molecule has 44 heavy (non-hydrogen) atoms. The summed E-state index contributed by atoms with van der Waals surface area (Å²) < 4.78 is 17.3. The molecule has 2 heterocycles. The first-order chi connectivity index (χ1) is 20.8. The maximum Gasteiger partial charge on any atom is 0.305 e. The van der Waals surface area contributed by atoms with Gasteiger partial charge in [0.1, 0.15) is 11.9 Å². The zero-order chi connectivity index (χ0) is 32.3. The molecular weight excluding hydrogens is 557 g/mol. The van der Waals surface area contributed by atoms with E-state index in [1.165, 1.54) is 11.0 Å². The summed E-state index contributed by atoms with van der Waals surface area (Å²) in [7, 11) is 0. The summed E-state index contributed by atoms with van der Waals surface area (Å²) in [5.74, 6) is -2.16. The SMILES string of the molecule is Cc1cc(=O)n(C(CC(C)C)C(=O)N[C@@H](CC(=O)O)c2cc(-c3c(C)ccc(C)c3C)cc(C)c2F)cc1CCN1CCC1. The molecule has 2 aromatic carbocycles. The Bertz CT molecular complexity index is 1610. The van der Waals surface area contributed by atoms with Crippen molar-refractivity contribution < 1.29 is 19.1 Å². The van der Waals surface area contributed by atoms with Gasteiger partial charge in [0.15, 0.2) is 0 Å². The number of nitrogens with one attached hydrogen (secondary N) is 1. The lowest BCUT2D eigenvalue weighted by atomic mass is 9.89. The van der Waals surface area contributed by atoms with Crippen molar-refractivity contribution in [3.63, 3.8) is 0 Å². The first-order valence-electron chi connectivity index (χ1n) is 15.6. The summed E-state index contributed by atoms with van der Waals surface area (Å²) >= 11 is 0. The van der Waals surface area contributed by atoms with E-state index in [1.807, 2.05) is 53.7 Å². The van der Waals surface area contributed by atoms with Crippen molar-refractivity contribution in [3.8, 4) is 11.1 Å². The number of aryl methyl sites for hydroxylation is 4. The van der Waals surface area contributed by atoms with Gasteiger partial charge >= 0.3 is 5.97 Å². The highest BCUT2D eigenvalue weighted by Gasteiger charge is 2.29. The molecule has 1 aliphatic rings. The van der Waals surface area contributed by atoms with Crippen molar-refractivity contribution >= 4 is 11.9 Å². The van der Waals surface area contributed by atoms with Crippen LogP contribution in [0.2, 0.25) is 0 Å². The number of carbonyl (C=O) groups is 2. The zero-order valence-corrected chi connectivity index (χ0v) is 27.1. The number of aliphatic carboxylic acids is 1. The zero-order valence-electron chi connectivity index (χ0n) is 27.1. The minimum atomic E-state index is -1.16. The van der Waals surface area contributed by atoms with Crippen LogP contribution in [0.25, 0.3) is 11.1 Å². The summed E-state index contributed by atoms with van der Waals surface area (Å²) in [5.41, 5.74) is 6.97. The number of benzene rings is 2. The lowest BCUT2D eigenvalue weighted by molar-refractivity contribution is -0.138. The second-order valence-corrected chi connectivity index (χ2v) is 12.9. The molecule has 0 bridgehead atoms. The lowest BCUT2D eigenvalue weighted by Gasteiger charge is -2.31. The van der Waals surface area contributed by atoms with E-state index < -0.39 is 36.2 Å². The van der Waals surface area contributed by atoms with Crippen molar-refractivity contribution in [3.05, 3.63) is 91.6 Å². The van der Waals surface area contributed by atoms with Crippen LogP contribution >= 0.6 is 0 Å². The highest BCUT2D eigenvalue weighted by atomic mass is 19.1. The molecule has 3 aromatic rings. The molecule has 7 nitrogen and oxygen atoms in total. The number of hydrogen-bond acceptors (Lipinski definition) is 4. The molecule has 236 valence electrons. The van der Waals surface area contributed by atoms with Gasteiger partial charge in [-0.1, -0.05) is 26.0 Å². The molecule has 1 amide bonds. The van der Waals surface area contributed by atoms with Crippen molar-refractivity contribution in [1.29, 1.82) is 0 Å². The number of amides is 1. The first kappa shape index (κ1) is 33.1. The van der Waals surface area contributed by atoms with Gasteiger partial charge in [-0.05, 0) is 130 Å². The average Bonchev–Trinajstić information content (AvgIpc) is 2.91. The fourth-order valence-corrected chi connectivity index (χ4v) is 6.14. The Balaban J connectivity index is 1.74. The van der Waals surface area contributed by atoms with Crippen molar-refractivity contribution in [2.45, 2.75) is 86.2 Å². The van der Waals surface area contributed by atoms with Crippen molar-refractivity contribution in [2.24, 2.45) is 5.92 Å². The van der Waals surface area contributed by atoms with E-state index in [9.17, 15) is 19.5 Å². The summed E-state index contributed by atoms with van der Waals surface area (Å²) in [6.45, 7) is 16.5. The predicted molar refractivity (Wildman–Crippen MR) is 173 cm³/mol. The molecule has 1 fully saturated rings. The highest BCUT2D eigenvalue weighted by Crippen LogP contribution is 2.34. The van der Waals surface area contributed by atoms with E-state index in [1.54, 1.807) is 31.3 Å². The van der Waals surface area contributed by atoms with Crippen LogP contribution < -0.4 is 10.9 Å². The Morgan fingerprint density at radius 1 is 0.977 bits per heavy atom. The molecule has 1 aliphatic heterocycles. The monoisotopic (exact) mass is 603 g/mol. The molecule has 1 aromatic heterocycles. The van der Waals surface area contributed by atoms with E-state index in [2.05, 4.69) is 10.2 Å². The Hall–Kier alpha value is -3.78. The molecule has 1 saturated heterocycles. The van der Waals surface area contributed by atoms with Gasteiger partial charge in [-0.15, -0.1) is 0 Å². The second kappa shape index (κ2) is 13.9. The molecule has 8 heteroatoms. The molecule has 0 radical (unpaired) electrons. The molecular formula is C36H46FN3O4. The maximum absolute atomic E-state index is 15.8. The van der Waals surface area contributed by atoms with Gasteiger partial charge in [0, 0.05) is 24.4 Å². The number of carbonyl (C=O) groups excluding carboxylic acids is 1. The number of likely N-dealkylation sites (tertiary alicyclic amines) is 1. The van der Waals surface area contributed by atoms with Crippen LogP contribution in [0.1, 0.15) is 84.1 Å². The number of pyridine rings is 1. The van der Waals surface area contributed by atoms with Crippen LogP contribution in [0.3, 0.4) is 0 Å². The highest BCUT2D eigenvalue weighted by molar-refractivity contribution is 5.82. The standard InChI is InChI=1S/C36H46FN3O4/c1-21(2)15-31(40-20-27(24(5)17-32(40)41)11-14-39-12-8-13-39)36(44)38-30(19-33(42)43)29-18-28(16-25(6)35(29)37)34-23(4)10-9-22(3)26(34)7/h9-10,16-18,20-21,30-31H,8,11-15,19H2,1-7H3,(H,38,44)(H,42,43)/t30-,31?/m0/s1. The molecule has 0 spiro atoms. The van der Waals surface area contributed by atoms with Gasteiger partial charge in [-0.3, -0.25) is 14.4 Å². The summed E-state index contributed by atoms with van der Waals surface area (Å²) in [4.78, 5) is 41.7. The van der Waals surface area contributed by atoms with E-state index >= 15 is 4.39 Å². The van der Waals surface area contributed by atoms with Crippen LogP contribution in [-0.2, 0) is 16.0 Å². The number of aromatic nitrogens is 1. The molecule has 1 unspecified atom stereocenters. The van der Waals surface area contributed by atoms with Crippen molar-refractivity contribution in [1.82, 2.24) is 14.8 Å². The Morgan fingerprint density at radius 2 is 1.66 bits per heavy atom. The number of carboxylic acids is 1. The van der Waals surface area contributed by atoms with Crippen LogP contribution in [-0.4, -0.2) is 46.1 Å². The van der Waals surface area contributed by atoms with E-state index in [0.29, 0.717) is 12.0 Å². The minimum Gasteiger partial charge on any atom is -0.481 e. The smallest absolute Gasteiger partial charge is 0.305 e. The Morgan fingerprint density at radius 3 is 2.27 bits per heavy atom. The molecule has 4 rings (SSSR count). The van der Waals surface area contributed by atoms with Gasteiger partial charge < -0.3 is 19.9 Å². The Kier molecular flexibility index (Phi) is 10.5. The van der Waals surface area contributed by atoms with Crippen LogP contribution in [0, 0.1) is 46.4 Å². The third-order valence-electron chi connectivity index (χ3n) is 8.96. The van der Waals surface area contributed by atoms with Gasteiger partial charge in [0.25, 0.3) is 5.56 Å². The average molecular weight is 604 g/mol. The lowest BCUT2D eigenvalue weighted by Crippen LogP contribution is -2.41. The van der Waals surface area contributed by atoms with Gasteiger partial charge in [0.2, 0.25) is 5.91 Å². The van der Waals surface area contributed by atoms with E-state index in [4.69, 9.17) is 0 Å². The Labute approximate surface area is 260 Å². The first-order valence-corrected chi connectivity index (χ1v) is 15.6. The normalized spacial score (nSPS) is 14.8. The number of carboxylic acid groups (broad SMARTS) is 1. The quantitative estimate of drug-likeness (QED) is 0.251. The number of nitrogens with zero attached hydrogens (tertiary/aromatic N) is 2. The summed E-state index contributed by atoms with van der Waals surface area (Å²) in [6.07, 6.45) is 3.60.